The molecule has 0 rings (SSSR count). The number of carbonyl (C=O) groups is 3. The molecule has 5 N–H and O–H groups in total. The van der Waals surface area contributed by atoms with E-state index in [0.717, 1.165) is 71.3 Å². The first kappa shape index (κ1) is 56.9. The molecule has 3 unspecified atom stereocenters. The fourth-order valence-corrected chi connectivity index (χ4v) is 7.34. The number of unbranched alkanes of at least 4 members (excludes halogenated alkanes) is 22. The number of phosphoric ester groups is 1. The Labute approximate surface area is 360 Å². The Morgan fingerprint density at radius 1 is 0.610 bits per heavy atom. The first-order valence-electron chi connectivity index (χ1n) is 23.5. The molecule has 12 nitrogen and oxygen atoms in total. The Morgan fingerprint density at radius 3 is 1.51 bits per heavy atom. The molecule has 0 aromatic carbocycles. The molecule has 0 aromatic rings. The third-order valence-electron chi connectivity index (χ3n) is 10.1. The van der Waals surface area contributed by atoms with Crippen LogP contribution in [0.3, 0.4) is 0 Å². The van der Waals surface area contributed by atoms with Crippen LogP contribution in [0.5, 0.6) is 0 Å². The lowest BCUT2D eigenvalue weighted by Gasteiger charge is -2.21. The van der Waals surface area contributed by atoms with E-state index in [0.29, 0.717) is 19.3 Å². The van der Waals surface area contributed by atoms with Gasteiger partial charge in [0.1, 0.15) is 6.61 Å². The number of nitrogens with two attached hydrogens (primary N) is 2. The molecule has 1 amide bonds. The first-order valence-corrected chi connectivity index (χ1v) is 25.0. The molecule has 0 heterocycles. The van der Waals surface area contributed by atoms with Crippen molar-refractivity contribution in [2.75, 3.05) is 40.0 Å². The van der Waals surface area contributed by atoms with Crippen molar-refractivity contribution < 1.29 is 42.0 Å². The second kappa shape index (κ2) is 42.6. The van der Waals surface area contributed by atoms with Crippen molar-refractivity contribution in [1.29, 1.82) is 0 Å². The summed E-state index contributed by atoms with van der Waals surface area (Å²) in [5, 5.41) is 2.58. The van der Waals surface area contributed by atoms with Crippen LogP contribution in [0, 0.1) is 0 Å². The summed E-state index contributed by atoms with van der Waals surface area (Å²) < 4.78 is 40.0. The summed E-state index contributed by atoms with van der Waals surface area (Å²) in [5.41, 5.74) is 11.2. The van der Waals surface area contributed by atoms with Gasteiger partial charge in [-0.25, -0.2) is 4.57 Å². The SMILES string of the molecule is CCCCCCCC/C=C\CCCCCCCC(=O)OCC(COP(=O)(OC)OCCNC(=O)C(N)CCN)OC(=O)CCCCCCC/C=C\CCCCCCCC. The number of nitrogens with one attached hydrogen (secondary N) is 1. The van der Waals surface area contributed by atoms with Crippen LogP contribution in [0.4, 0.5) is 0 Å². The molecule has 0 aliphatic heterocycles. The van der Waals surface area contributed by atoms with E-state index in [1.165, 1.54) is 89.9 Å². The van der Waals surface area contributed by atoms with Crippen molar-refractivity contribution in [3.05, 3.63) is 24.3 Å². The lowest BCUT2D eigenvalue weighted by atomic mass is 10.1. The minimum Gasteiger partial charge on any atom is -0.462 e. The molecule has 0 saturated heterocycles. The minimum absolute atomic E-state index is 0.0101. The van der Waals surface area contributed by atoms with E-state index in [4.69, 9.17) is 34.5 Å². The summed E-state index contributed by atoms with van der Waals surface area (Å²) in [4.78, 5) is 37.4. The van der Waals surface area contributed by atoms with E-state index in [1.807, 2.05) is 0 Å². The predicted molar refractivity (Wildman–Crippen MR) is 241 cm³/mol. The standard InChI is InChI=1S/C46H88N3O9P/c1-4-6-8-10-12-14-16-18-20-22-24-26-28-30-32-34-44(50)55-40-42(41-57-59(53,54-3)56-39-38-49-46(52)43(48)36-37-47)58-45(51)35-33-31-29-27-25-23-21-19-17-15-13-11-9-7-5-2/h18-21,42-43H,4-17,22-41,47-48H2,1-3H3,(H,49,52)/b20-18-,21-19-. The van der Waals surface area contributed by atoms with E-state index < -0.39 is 37.8 Å². The van der Waals surface area contributed by atoms with Gasteiger partial charge in [-0.1, -0.05) is 141 Å². The van der Waals surface area contributed by atoms with Crippen LogP contribution in [0.1, 0.15) is 200 Å². The van der Waals surface area contributed by atoms with Crippen molar-refractivity contribution in [2.24, 2.45) is 11.5 Å². The zero-order valence-electron chi connectivity index (χ0n) is 37.8. The van der Waals surface area contributed by atoms with Gasteiger partial charge in [-0.3, -0.25) is 28.0 Å². The van der Waals surface area contributed by atoms with Crippen molar-refractivity contribution in [3.63, 3.8) is 0 Å². The van der Waals surface area contributed by atoms with Crippen molar-refractivity contribution in [2.45, 2.75) is 212 Å². The number of amides is 1. The fraction of sp³-hybridized carbons (Fsp3) is 0.848. The Morgan fingerprint density at radius 2 is 1.05 bits per heavy atom. The van der Waals surface area contributed by atoms with Crippen LogP contribution in [-0.2, 0) is 42.0 Å². The highest BCUT2D eigenvalue weighted by Crippen LogP contribution is 2.48. The lowest BCUT2D eigenvalue weighted by molar-refractivity contribution is -0.161. The van der Waals surface area contributed by atoms with Crippen LogP contribution in [-0.4, -0.2) is 70.0 Å². The van der Waals surface area contributed by atoms with Crippen molar-refractivity contribution >= 4 is 25.7 Å². The maximum Gasteiger partial charge on any atom is 0.474 e. The summed E-state index contributed by atoms with van der Waals surface area (Å²) in [6.07, 6.45) is 39.2. The molecule has 0 radical (unpaired) electrons. The number of rotatable bonds is 44. The molecular weight excluding hydrogens is 769 g/mol. The van der Waals surface area contributed by atoms with E-state index in [1.54, 1.807) is 0 Å². The molecule has 346 valence electrons. The van der Waals surface area contributed by atoms with Gasteiger partial charge in [-0.05, 0) is 77.2 Å². The van der Waals surface area contributed by atoms with Crippen LogP contribution in [0.25, 0.3) is 0 Å². The van der Waals surface area contributed by atoms with E-state index >= 15 is 0 Å². The second-order valence-corrected chi connectivity index (χ2v) is 17.5. The number of allylic oxidation sites excluding steroid dienone is 4. The smallest absolute Gasteiger partial charge is 0.462 e. The van der Waals surface area contributed by atoms with E-state index in [9.17, 15) is 18.9 Å². The normalized spacial score (nSPS) is 13.8. The zero-order chi connectivity index (χ0) is 43.5. The Bertz CT molecular complexity index is 1110. The Hall–Kier alpha value is -2.08. The highest BCUT2D eigenvalue weighted by molar-refractivity contribution is 7.48. The molecule has 13 heteroatoms. The van der Waals surface area contributed by atoms with Gasteiger partial charge < -0.3 is 26.3 Å². The minimum atomic E-state index is -4.08. The first-order chi connectivity index (χ1) is 28.7. The van der Waals surface area contributed by atoms with Gasteiger partial charge in [-0.2, -0.15) is 0 Å². The van der Waals surface area contributed by atoms with Crippen molar-refractivity contribution in [1.82, 2.24) is 5.32 Å². The number of hydrogen-bond donors (Lipinski definition) is 3. The number of hydrogen-bond acceptors (Lipinski definition) is 11. The zero-order valence-corrected chi connectivity index (χ0v) is 38.7. The molecule has 0 aromatic heterocycles. The topological polar surface area (TPSA) is 178 Å². The molecule has 0 saturated carbocycles. The number of phosphoric acid groups is 1. The molecular formula is C46H88N3O9P. The number of carbonyl (C=O) groups excluding carboxylic acids is 3. The van der Waals surface area contributed by atoms with Gasteiger partial charge in [0.25, 0.3) is 0 Å². The highest BCUT2D eigenvalue weighted by Gasteiger charge is 2.29. The van der Waals surface area contributed by atoms with Gasteiger partial charge in [0, 0.05) is 26.5 Å². The molecule has 0 aliphatic rings. The van der Waals surface area contributed by atoms with E-state index in [-0.39, 0.29) is 45.8 Å². The quantitative estimate of drug-likeness (QED) is 0.0230. The summed E-state index contributed by atoms with van der Waals surface area (Å²) >= 11 is 0. The lowest BCUT2D eigenvalue weighted by Crippen LogP contribution is -2.42. The van der Waals surface area contributed by atoms with Gasteiger partial charge in [0.15, 0.2) is 6.10 Å². The summed E-state index contributed by atoms with van der Waals surface area (Å²) in [6, 6.07) is -0.757. The third-order valence-corrected chi connectivity index (χ3v) is 11.5. The molecule has 0 bridgehead atoms. The number of ether oxygens (including phenoxy) is 2. The average molecular weight is 858 g/mol. The molecule has 0 fully saturated rings. The Kier molecular flexibility index (Phi) is 41.1. The average Bonchev–Trinajstić information content (AvgIpc) is 3.23. The third kappa shape index (κ3) is 38.6. The van der Waals surface area contributed by atoms with Crippen LogP contribution in [0.2, 0.25) is 0 Å². The monoisotopic (exact) mass is 858 g/mol. The second-order valence-electron chi connectivity index (χ2n) is 15.7. The molecule has 0 spiro atoms. The van der Waals surface area contributed by atoms with Crippen LogP contribution in [0.15, 0.2) is 24.3 Å². The molecule has 0 aliphatic carbocycles. The maximum atomic E-state index is 13.1. The molecule has 59 heavy (non-hydrogen) atoms. The van der Waals surface area contributed by atoms with Gasteiger partial charge in [-0.15, -0.1) is 0 Å². The highest BCUT2D eigenvalue weighted by atomic mass is 31.2. The summed E-state index contributed by atoms with van der Waals surface area (Å²) in [7, 11) is -2.92. The van der Waals surface area contributed by atoms with Gasteiger partial charge in [0.05, 0.1) is 19.3 Å². The summed E-state index contributed by atoms with van der Waals surface area (Å²) in [5.74, 6) is -1.25. The fourth-order valence-electron chi connectivity index (χ4n) is 6.39. The predicted octanol–water partition coefficient (Wildman–Crippen LogP) is 11.1. The van der Waals surface area contributed by atoms with Crippen LogP contribution >= 0.6 is 7.82 Å². The van der Waals surface area contributed by atoms with Gasteiger partial charge >= 0.3 is 19.8 Å². The summed E-state index contributed by atoms with van der Waals surface area (Å²) in [6.45, 7) is 3.96. The van der Waals surface area contributed by atoms with Crippen LogP contribution < -0.4 is 16.8 Å². The molecule has 3 atom stereocenters. The number of esters is 2. The van der Waals surface area contributed by atoms with Gasteiger partial charge in [0.2, 0.25) is 5.91 Å². The van der Waals surface area contributed by atoms with E-state index in [2.05, 4.69) is 43.5 Å². The Balaban J connectivity index is 4.64. The maximum absolute atomic E-state index is 13.1. The largest absolute Gasteiger partial charge is 0.474 e. The van der Waals surface area contributed by atoms with Crippen molar-refractivity contribution in [3.8, 4) is 0 Å².